The fourth-order valence-corrected chi connectivity index (χ4v) is 2.07. The van der Waals surface area contributed by atoms with Crippen molar-refractivity contribution in [2.45, 2.75) is 6.92 Å². The second-order valence-electron chi connectivity index (χ2n) is 3.45. The van der Waals surface area contributed by atoms with Crippen molar-refractivity contribution in [2.24, 2.45) is 0 Å². The van der Waals surface area contributed by atoms with Crippen molar-refractivity contribution in [3.63, 3.8) is 0 Å². The summed E-state index contributed by atoms with van der Waals surface area (Å²) in [7, 11) is -2.82. The van der Waals surface area contributed by atoms with Gasteiger partial charge in [0.05, 0.1) is 31.0 Å². The van der Waals surface area contributed by atoms with E-state index in [9.17, 15) is 13.2 Å². The topological polar surface area (TPSA) is 118 Å². The second kappa shape index (κ2) is 6.63. The number of hydrogen-bond donors (Lipinski definition) is 2. The third kappa shape index (κ3) is 4.33. The van der Waals surface area contributed by atoms with E-state index in [1.807, 2.05) is 6.07 Å². The summed E-state index contributed by atoms with van der Waals surface area (Å²) in [5.74, 6) is 0.151. The molecule has 108 valence electrons. The number of nitriles is 1. The van der Waals surface area contributed by atoms with E-state index in [0.717, 1.165) is 0 Å². The maximum Gasteiger partial charge on any atom is 0.422 e. The first-order valence-corrected chi connectivity index (χ1v) is 6.95. The normalized spacial score (nSPS) is 10.2. The standard InChI is InChI=1S/C11H13N3O5S/c1-3-19-11(15)14-20(16,17)13-9-5-4-8(7-12)6-10(9)18-2/h4-6,13H,3H2,1-2H3,(H,14,15). The number of hydrogen-bond acceptors (Lipinski definition) is 6. The van der Waals surface area contributed by atoms with E-state index in [0.29, 0.717) is 5.56 Å². The molecule has 1 aromatic carbocycles. The van der Waals surface area contributed by atoms with Crippen LogP contribution in [0.5, 0.6) is 5.75 Å². The van der Waals surface area contributed by atoms with Gasteiger partial charge in [-0.1, -0.05) is 0 Å². The molecule has 0 aliphatic carbocycles. The highest BCUT2D eigenvalue weighted by Crippen LogP contribution is 2.25. The van der Waals surface area contributed by atoms with Crippen molar-refractivity contribution in [1.82, 2.24) is 4.72 Å². The van der Waals surface area contributed by atoms with Crippen LogP contribution < -0.4 is 14.2 Å². The van der Waals surface area contributed by atoms with Gasteiger partial charge in [-0.3, -0.25) is 4.72 Å². The molecular weight excluding hydrogens is 286 g/mol. The Bertz CT molecular complexity index is 636. The molecule has 0 unspecified atom stereocenters. The lowest BCUT2D eigenvalue weighted by atomic mass is 10.2. The Morgan fingerprint density at radius 2 is 2.15 bits per heavy atom. The van der Waals surface area contributed by atoms with Gasteiger partial charge in [-0.25, -0.2) is 9.52 Å². The molecule has 0 saturated carbocycles. The minimum atomic E-state index is -4.15. The number of amides is 1. The second-order valence-corrected chi connectivity index (χ2v) is 4.87. The number of carbonyl (C=O) groups is 1. The molecule has 0 aliphatic rings. The van der Waals surface area contributed by atoms with E-state index in [1.54, 1.807) is 11.6 Å². The molecule has 8 nitrogen and oxygen atoms in total. The van der Waals surface area contributed by atoms with Crippen molar-refractivity contribution in [3.8, 4) is 11.8 Å². The van der Waals surface area contributed by atoms with E-state index in [4.69, 9.17) is 10.00 Å². The van der Waals surface area contributed by atoms with E-state index in [-0.39, 0.29) is 18.0 Å². The van der Waals surface area contributed by atoms with Crippen LogP contribution in [0.2, 0.25) is 0 Å². The summed E-state index contributed by atoms with van der Waals surface area (Å²) in [5, 5.41) is 8.74. The average Bonchev–Trinajstić information content (AvgIpc) is 2.38. The van der Waals surface area contributed by atoms with Gasteiger partial charge in [-0.15, -0.1) is 0 Å². The van der Waals surface area contributed by atoms with Crippen molar-refractivity contribution >= 4 is 22.0 Å². The third-order valence-electron chi connectivity index (χ3n) is 2.07. The number of methoxy groups -OCH3 is 1. The average molecular weight is 299 g/mol. The van der Waals surface area contributed by atoms with Gasteiger partial charge in [0.25, 0.3) is 0 Å². The summed E-state index contributed by atoms with van der Waals surface area (Å²) in [6.45, 7) is 1.59. The van der Waals surface area contributed by atoms with Crippen molar-refractivity contribution in [2.75, 3.05) is 18.4 Å². The van der Waals surface area contributed by atoms with E-state index >= 15 is 0 Å². The van der Waals surface area contributed by atoms with Crippen molar-refractivity contribution in [3.05, 3.63) is 23.8 Å². The summed E-state index contributed by atoms with van der Waals surface area (Å²) < 4.78 is 36.5. The van der Waals surface area contributed by atoms with Crippen LogP contribution in [0, 0.1) is 11.3 Å². The lowest BCUT2D eigenvalue weighted by Crippen LogP contribution is -2.35. The highest BCUT2D eigenvalue weighted by Gasteiger charge is 2.17. The van der Waals surface area contributed by atoms with Gasteiger partial charge in [0.2, 0.25) is 0 Å². The summed E-state index contributed by atoms with van der Waals surface area (Å²) in [4.78, 5) is 11.1. The van der Waals surface area contributed by atoms with Crippen LogP contribution in [0.1, 0.15) is 12.5 Å². The van der Waals surface area contributed by atoms with Crippen LogP contribution in [0.25, 0.3) is 0 Å². The first-order chi connectivity index (χ1) is 9.41. The Hall–Kier alpha value is -2.47. The fraction of sp³-hybridized carbons (Fsp3) is 0.273. The molecule has 0 radical (unpaired) electrons. The monoisotopic (exact) mass is 299 g/mol. The molecule has 0 aliphatic heterocycles. The van der Waals surface area contributed by atoms with Gasteiger partial charge in [0.1, 0.15) is 5.75 Å². The smallest absolute Gasteiger partial charge is 0.422 e. The zero-order valence-corrected chi connectivity index (χ0v) is 11.7. The van der Waals surface area contributed by atoms with Crippen LogP contribution in [0.15, 0.2) is 18.2 Å². The maximum atomic E-state index is 11.7. The summed E-state index contributed by atoms with van der Waals surface area (Å²) in [6, 6.07) is 6.01. The van der Waals surface area contributed by atoms with Crippen LogP contribution >= 0.6 is 0 Å². The van der Waals surface area contributed by atoms with Crippen LogP contribution in [-0.2, 0) is 14.9 Å². The predicted octanol–water partition coefficient (Wildman–Crippen LogP) is 0.970. The molecule has 1 rings (SSSR count). The Kier molecular flexibility index (Phi) is 5.16. The highest BCUT2D eigenvalue weighted by molar-refractivity contribution is 7.91. The van der Waals surface area contributed by atoms with Gasteiger partial charge >= 0.3 is 16.3 Å². The molecule has 0 spiro atoms. The van der Waals surface area contributed by atoms with E-state index in [2.05, 4.69) is 9.46 Å². The minimum absolute atomic E-state index is 0.0432. The minimum Gasteiger partial charge on any atom is -0.495 e. The fourth-order valence-electron chi connectivity index (χ4n) is 1.29. The molecule has 9 heteroatoms. The third-order valence-corrected chi connectivity index (χ3v) is 2.99. The van der Waals surface area contributed by atoms with E-state index in [1.165, 1.54) is 25.3 Å². The molecule has 1 amide bonds. The van der Waals surface area contributed by atoms with Crippen molar-refractivity contribution in [1.29, 1.82) is 5.26 Å². The molecule has 2 N–H and O–H groups in total. The van der Waals surface area contributed by atoms with Gasteiger partial charge in [-0.2, -0.15) is 13.7 Å². The number of ether oxygens (including phenoxy) is 2. The zero-order valence-electron chi connectivity index (χ0n) is 10.8. The van der Waals surface area contributed by atoms with Gasteiger partial charge in [-0.05, 0) is 19.1 Å². The molecule has 0 bridgehead atoms. The van der Waals surface area contributed by atoms with Gasteiger partial charge in [0, 0.05) is 6.07 Å². The number of anilines is 1. The molecule has 0 aromatic heterocycles. The Morgan fingerprint density at radius 1 is 1.45 bits per heavy atom. The van der Waals surface area contributed by atoms with Gasteiger partial charge in [0.15, 0.2) is 0 Å². The summed E-state index contributed by atoms with van der Waals surface area (Å²) in [6.07, 6.45) is -1.09. The lowest BCUT2D eigenvalue weighted by Gasteiger charge is -2.12. The first-order valence-electron chi connectivity index (χ1n) is 5.47. The van der Waals surface area contributed by atoms with Crippen molar-refractivity contribution < 1.29 is 22.7 Å². The molecule has 20 heavy (non-hydrogen) atoms. The Morgan fingerprint density at radius 3 is 2.70 bits per heavy atom. The molecule has 0 atom stereocenters. The summed E-state index contributed by atoms with van der Waals surface area (Å²) >= 11 is 0. The van der Waals surface area contributed by atoms with Crippen LogP contribution in [0.3, 0.4) is 0 Å². The highest BCUT2D eigenvalue weighted by atomic mass is 32.2. The molecule has 0 heterocycles. The largest absolute Gasteiger partial charge is 0.495 e. The molecular formula is C11H13N3O5S. The number of nitrogens with zero attached hydrogens (tertiary/aromatic N) is 1. The maximum absolute atomic E-state index is 11.7. The quantitative estimate of drug-likeness (QED) is 0.836. The van der Waals surface area contributed by atoms with Gasteiger partial charge < -0.3 is 9.47 Å². The van der Waals surface area contributed by atoms with Crippen LogP contribution in [0.4, 0.5) is 10.5 Å². The molecule has 0 fully saturated rings. The number of nitrogens with one attached hydrogen (secondary N) is 2. The number of benzene rings is 1. The Labute approximate surface area is 116 Å². The Balaban J connectivity index is 2.92. The lowest BCUT2D eigenvalue weighted by molar-refractivity contribution is 0.159. The summed E-state index contributed by atoms with van der Waals surface area (Å²) in [5.41, 5.74) is 0.395. The first kappa shape index (κ1) is 15.6. The van der Waals surface area contributed by atoms with E-state index < -0.39 is 16.3 Å². The SMILES string of the molecule is CCOC(=O)NS(=O)(=O)Nc1ccc(C#N)cc1OC. The number of carbonyl (C=O) groups excluding carboxylic acids is 1. The zero-order chi connectivity index (χ0) is 15.2. The molecule has 0 saturated heterocycles. The van der Waals surface area contributed by atoms with Crippen LogP contribution in [-0.4, -0.2) is 28.2 Å². The molecule has 1 aromatic rings. The number of rotatable bonds is 5. The predicted molar refractivity (Wildman–Crippen MR) is 70.4 cm³/mol.